The first kappa shape index (κ1) is 14.9. The Morgan fingerprint density at radius 2 is 1.22 bits per heavy atom. The van der Waals surface area contributed by atoms with Gasteiger partial charge in [0.1, 0.15) is 0 Å². The Hall–Kier alpha value is 0.507. The van der Waals surface area contributed by atoms with Crippen molar-refractivity contribution in [1.82, 2.24) is 0 Å². The van der Waals surface area contributed by atoms with Gasteiger partial charge in [-0.2, -0.15) is 11.1 Å². The molecule has 2 heteroatoms. The van der Waals surface area contributed by atoms with Crippen LogP contribution in [0.4, 0.5) is 0 Å². The summed E-state index contributed by atoms with van der Waals surface area (Å²) in [5.74, 6) is 1.99. The van der Waals surface area contributed by atoms with Gasteiger partial charge in [-0.1, -0.05) is 83.7 Å². The Labute approximate surface area is 120 Å². The molecule has 2 aliphatic rings. The number of hydrogen-bond donors (Lipinski definition) is 0. The molecule has 0 aromatic rings. The van der Waals surface area contributed by atoms with E-state index in [4.69, 9.17) is 11.1 Å². The monoisotopic (exact) mass is 286 g/mol. The van der Waals surface area contributed by atoms with Gasteiger partial charge in [-0.05, 0) is 17.4 Å². The van der Waals surface area contributed by atoms with E-state index in [1.807, 2.05) is 0 Å². The van der Waals surface area contributed by atoms with Crippen LogP contribution in [0.15, 0.2) is 0 Å². The van der Waals surface area contributed by atoms with Gasteiger partial charge in [-0.3, -0.25) is 0 Å². The molecule has 106 valence electrons. The molecule has 0 aromatic heterocycles. The molecule has 0 N–H and O–H groups in total. The summed E-state index contributed by atoms with van der Waals surface area (Å²) in [6, 6.07) is 0. The Morgan fingerprint density at radius 1 is 0.722 bits per heavy atom. The molecule has 2 atom stereocenters. The van der Waals surface area contributed by atoms with Gasteiger partial charge in [0.15, 0.2) is 7.38 Å². The van der Waals surface area contributed by atoms with Crippen molar-refractivity contribution in [2.75, 3.05) is 0 Å². The zero-order chi connectivity index (χ0) is 13.0. The molecule has 2 fully saturated rings. The van der Waals surface area contributed by atoms with E-state index in [0.717, 1.165) is 17.4 Å². The molecule has 2 aliphatic carbocycles. The highest BCUT2D eigenvalue weighted by Crippen LogP contribution is 2.48. The lowest BCUT2D eigenvalue weighted by Crippen LogP contribution is -2.34. The van der Waals surface area contributed by atoms with Crippen LogP contribution < -0.4 is 0 Å². The minimum Gasteiger partial charge on any atom is -0.167 e. The van der Waals surface area contributed by atoms with E-state index in [0.29, 0.717) is 0 Å². The van der Waals surface area contributed by atoms with Crippen LogP contribution in [0, 0.1) is 11.8 Å². The average Bonchev–Trinajstić information content (AvgIpc) is 2.70. The highest BCUT2D eigenvalue weighted by atomic mass is 35.6. The van der Waals surface area contributed by atoms with Crippen LogP contribution in [0.5, 0.6) is 0 Å². The van der Waals surface area contributed by atoms with Crippen LogP contribution in [-0.4, -0.2) is 7.38 Å². The van der Waals surface area contributed by atoms with E-state index >= 15 is 0 Å². The van der Waals surface area contributed by atoms with Crippen LogP contribution in [0.1, 0.15) is 70.6 Å². The van der Waals surface area contributed by atoms with E-state index in [2.05, 4.69) is 13.1 Å². The molecule has 0 radical (unpaired) electrons. The summed E-state index contributed by atoms with van der Waals surface area (Å²) in [7, 11) is -1.48. The first-order valence-corrected chi connectivity index (χ1v) is 12.4. The first-order chi connectivity index (χ1) is 8.59. The SMILES string of the molecule is C[Si](C)(Cl)C1CCCCCC1C1CCCCCC1. The summed E-state index contributed by atoms with van der Waals surface area (Å²) < 4.78 is 0. The van der Waals surface area contributed by atoms with Gasteiger partial charge in [0.2, 0.25) is 0 Å². The maximum Gasteiger partial charge on any atom is 0.153 e. The highest BCUT2D eigenvalue weighted by molar-refractivity contribution is 7.19. The Kier molecular flexibility index (Phi) is 5.62. The second-order valence-electron chi connectivity index (χ2n) is 7.22. The van der Waals surface area contributed by atoms with Gasteiger partial charge in [0.05, 0.1) is 0 Å². The molecular weight excluding hydrogens is 256 g/mol. The van der Waals surface area contributed by atoms with E-state index < -0.39 is 7.38 Å². The van der Waals surface area contributed by atoms with Gasteiger partial charge in [-0.25, -0.2) is 0 Å². The second kappa shape index (κ2) is 6.79. The largest absolute Gasteiger partial charge is 0.167 e. The molecule has 2 unspecified atom stereocenters. The summed E-state index contributed by atoms with van der Waals surface area (Å²) in [6.45, 7) is 4.79. The summed E-state index contributed by atoms with van der Waals surface area (Å²) in [4.78, 5) is 0. The zero-order valence-corrected chi connectivity index (χ0v) is 14.1. The summed E-state index contributed by atoms with van der Waals surface area (Å²) >= 11 is 6.88. The molecule has 0 aromatic carbocycles. The molecule has 0 bridgehead atoms. The first-order valence-electron chi connectivity index (χ1n) is 8.28. The van der Waals surface area contributed by atoms with Gasteiger partial charge in [0.25, 0.3) is 0 Å². The minimum atomic E-state index is -1.48. The summed E-state index contributed by atoms with van der Waals surface area (Å²) in [6.07, 6.45) is 16.2. The third-order valence-corrected chi connectivity index (χ3v) is 8.78. The lowest BCUT2D eigenvalue weighted by Gasteiger charge is -2.37. The lowest BCUT2D eigenvalue weighted by atomic mass is 9.81. The molecule has 0 saturated heterocycles. The normalized spacial score (nSPS) is 32.8. The van der Waals surface area contributed by atoms with Gasteiger partial charge >= 0.3 is 0 Å². The number of halogens is 1. The van der Waals surface area contributed by atoms with E-state index in [9.17, 15) is 0 Å². The lowest BCUT2D eigenvalue weighted by molar-refractivity contribution is 0.266. The summed E-state index contributed by atoms with van der Waals surface area (Å²) in [5.41, 5.74) is 0.893. The topological polar surface area (TPSA) is 0 Å². The van der Waals surface area contributed by atoms with Crippen molar-refractivity contribution in [3.8, 4) is 0 Å². The van der Waals surface area contributed by atoms with Crippen molar-refractivity contribution in [2.24, 2.45) is 11.8 Å². The van der Waals surface area contributed by atoms with Gasteiger partial charge in [0, 0.05) is 0 Å². The fourth-order valence-electron chi connectivity index (χ4n) is 4.49. The third kappa shape index (κ3) is 4.00. The van der Waals surface area contributed by atoms with Crippen molar-refractivity contribution in [3.63, 3.8) is 0 Å². The Morgan fingerprint density at radius 3 is 1.83 bits per heavy atom. The second-order valence-corrected chi connectivity index (χ2v) is 14.0. The standard InChI is InChI=1S/C16H31ClSi/c1-18(2,17)16-13-9-5-8-12-15(16)14-10-6-3-4-7-11-14/h14-16H,3-13H2,1-2H3. The molecular formula is C16H31ClSi. The predicted molar refractivity (Wildman–Crippen MR) is 84.9 cm³/mol. The van der Waals surface area contributed by atoms with Crippen molar-refractivity contribution >= 4 is 18.5 Å². The molecule has 0 amide bonds. The van der Waals surface area contributed by atoms with Crippen molar-refractivity contribution < 1.29 is 0 Å². The van der Waals surface area contributed by atoms with Crippen LogP contribution >= 0.6 is 11.1 Å². The van der Waals surface area contributed by atoms with Gasteiger partial charge in [-0.15, -0.1) is 0 Å². The molecule has 0 spiro atoms. The van der Waals surface area contributed by atoms with Crippen LogP contribution in [0.25, 0.3) is 0 Å². The Bertz CT molecular complexity index is 238. The predicted octanol–water partition coefficient (Wildman–Crippen LogP) is 6.35. The average molecular weight is 287 g/mol. The molecule has 2 saturated carbocycles. The maximum absolute atomic E-state index is 6.88. The quantitative estimate of drug-likeness (QED) is 0.315. The molecule has 18 heavy (non-hydrogen) atoms. The maximum atomic E-state index is 6.88. The fourth-order valence-corrected chi connectivity index (χ4v) is 7.65. The molecule has 0 nitrogen and oxygen atoms in total. The van der Waals surface area contributed by atoms with E-state index in [1.54, 1.807) is 0 Å². The zero-order valence-electron chi connectivity index (χ0n) is 12.4. The highest BCUT2D eigenvalue weighted by Gasteiger charge is 2.40. The third-order valence-electron chi connectivity index (χ3n) is 5.46. The van der Waals surface area contributed by atoms with E-state index in [1.165, 1.54) is 70.6 Å². The van der Waals surface area contributed by atoms with Crippen molar-refractivity contribution in [1.29, 1.82) is 0 Å². The summed E-state index contributed by atoms with van der Waals surface area (Å²) in [5, 5.41) is 0. The van der Waals surface area contributed by atoms with Crippen molar-refractivity contribution in [3.05, 3.63) is 0 Å². The van der Waals surface area contributed by atoms with Crippen LogP contribution in [-0.2, 0) is 0 Å². The number of rotatable bonds is 2. The minimum absolute atomic E-state index is 0.893. The Balaban J connectivity index is 2.08. The van der Waals surface area contributed by atoms with Crippen LogP contribution in [0.2, 0.25) is 18.6 Å². The molecule has 0 heterocycles. The van der Waals surface area contributed by atoms with Gasteiger partial charge < -0.3 is 0 Å². The van der Waals surface area contributed by atoms with Crippen molar-refractivity contribution in [2.45, 2.75) is 89.3 Å². The molecule has 0 aliphatic heterocycles. The smallest absolute Gasteiger partial charge is 0.153 e. The number of hydrogen-bond acceptors (Lipinski definition) is 0. The van der Waals surface area contributed by atoms with E-state index in [-0.39, 0.29) is 0 Å². The van der Waals surface area contributed by atoms with Crippen LogP contribution in [0.3, 0.4) is 0 Å². The molecule has 2 rings (SSSR count). The fraction of sp³-hybridized carbons (Fsp3) is 1.00.